The lowest BCUT2D eigenvalue weighted by atomic mass is 9.45. The topological polar surface area (TPSA) is 107 Å². The summed E-state index contributed by atoms with van der Waals surface area (Å²) in [6.45, 7) is 5.67. The van der Waals surface area contributed by atoms with Gasteiger partial charge in [0.1, 0.15) is 6.61 Å². The van der Waals surface area contributed by atoms with Crippen LogP contribution in [-0.2, 0) is 17.8 Å². The second-order valence-electron chi connectivity index (χ2n) is 11.0. The van der Waals surface area contributed by atoms with Gasteiger partial charge in [0.05, 0.1) is 24.8 Å². The Bertz CT molecular complexity index is 826. The summed E-state index contributed by atoms with van der Waals surface area (Å²) in [7, 11) is 0. The highest BCUT2D eigenvalue weighted by atomic mass is 16.6. The van der Waals surface area contributed by atoms with Crippen LogP contribution >= 0.6 is 0 Å². The van der Waals surface area contributed by atoms with Gasteiger partial charge in [-0.2, -0.15) is 4.98 Å². The molecule has 0 radical (unpaired) electrons. The van der Waals surface area contributed by atoms with Gasteiger partial charge in [-0.05, 0) is 92.3 Å². The first kappa shape index (κ1) is 21.4. The van der Waals surface area contributed by atoms with E-state index in [9.17, 15) is 5.11 Å². The number of aromatic nitrogens is 2. The van der Waals surface area contributed by atoms with Gasteiger partial charge in [0.25, 0.3) is 0 Å². The van der Waals surface area contributed by atoms with E-state index in [-0.39, 0.29) is 18.1 Å². The van der Waals surface area contributed by atoms with Gasteiger partial charge in [-0.15, -0.1) is 0 Å². The van der Waals surface area contributed by atoms with Crippen LogP contribution in [0.1, 0.15) is 83.3 Å². The number of aliphatic hydroxyl groups excluding tert-OH is 1. The Balaban J connectivity index is 1.19. The summed E-state index contributed by atoms with van der Waals surface area (Å²) < 4.78 is 5.14. The van der Waals surface area contributed by atoms with Crippen molar-refractivity contribution in [3.8, 4) is 0 Å². The molecule has 7 heteroatoms. The van der Waals surface area contributed by atoms with Crippen molar-refractivity contribution in [2.24, 2.45) is 45.4 Å². The van der Waals surface area contributed by atoms with Crippen LogP contribution in [0.5, 0.6) is 0 Å². The molecule has 0 aliphatic heterocycles. The van der Waals surface area contributed by atoms with Gasteiger partial charge in [-0.3, -0.25) is 0 Å². The predicted octanol–water partition coefficient (Wildman–Crippen LogP) is 3.85. The molecule has 4 aliphatic carbocycles. The molecule has 4 unspecified atom stereocenters. The molecule has 0 amide bonds. The monoisotopic (exact) mass is 430 g/mol. The van der Waals surface area contributed by atoms with E-state index in [1.807, 2.05) is 0 Å². The third-order valence-corrected chi connectivity index (χ3v) is 9.74. The molecule has 172 valence electrons. The van der Waals surface area contributed by atoms with Crippen LogP contribution in [0.4, 0.5) is 0 Å². The molecule has 4 fully saturated rings. The summed E-state index contributed by atoms with van der Waals surface area (Å²) >= 11 is 0. The first-order valence-corrected chi connectivity index (χ1v) is 12.3. The zero-order chi connectivity index (χ0) is 21.6. The van der Waals surface area contributed by atoms with Crippen LogP contribution in [0.3, 0.4) is 0 Å². The first-order valence-electron chi connectivity index (χ1n) is 12.3. The molecule has 3 N–H and O–H groups in total. The van der Waals surface area contributed by atoms with Crippen LogP contribution in [-0.4, -0.2) is 33.7 Å². The molecule has 0 bridgehead atoms. The number of aliphatic hydroxyl groups is 1. The molecule has 4 saturated carbocycles. The van der Waals surface area contributed by atoms with Crippen LogP contribution in [0, 0.1) is 34.5 Å². The average molecular weight is 431 g/mol. The lowest BCUT2D eigenvalue weighted by Gasteiger charge is -2.60. The third kappa shape index (κ3) is 3.62. The minimum Gasteiger partial charge on any atom is -0.395 e. The number of nitrogens with zero attached hydrogens (tertiary/aromatic N) is 3. The highest BCUT2D eigenvalue weighted by Crippen LogP contribution is 2.65. The molecule has 31 heavy (non-hydrogen) atoms. The normalized spacial score (nSPS) is 43.4. The summed E-state index contributed by atoms with van der Waals surface area (Å²) in [6.07, 6.45) is 11.2. The molecule has 7 atom stereocenters. The van der Waals surface area contributed by atoms with Gasteiger partial charge in [0, 0.05) is 0 Å². The summed E-state index contributed by atoms with van der Waals surface area (Å²) in [5.41, 5.74) is 7.31. The number of oxime groups is 1. The van der Waals surface area contributed by atoms with Crippen LogP contribution in [0.15, 0.2) is 9.68 Å². The average Bonchev–Trinajstić information content (AvgIpc) is 3.35. The molecule has 0 aromatic carbocycles. The van der Waals surface area contributed by atoms with Crippen molar-refractivity contribution in [1.29, 1.82) is 0 Å². The van der Waals surface area contributed by atoms with Crippen LogP contribution in [0.25, 0.3) is 0 Å². The molecule has 0 spiro atoms. The van der Waals surface area contributed by atoms with Crippen molar-refractivity contribution in [3.05, 3.63) is 11.7 Å². The Hall–Kier alpha value is -1.47. The highest BCUT2D eigenvalue weighted by Gasteiger charge is 2.59. The number of rotatable bonds is 5. The molecule has 1 aromatic heterocycles. The summed E-state index contributed by atoms with van der Waals surface area (Å²) in [4.78, 5) is 9.82. The quantitative estimate of drug-likeness (QED) is 0.543. The maximum absolute atomic E-state index is 10.6. The lowest BCUT2D eigenvalue weighted by Crippen LogP contribution is -2.54. The number of hydrogen-bond donors (Lipinski definition) is 2. The lowest BCUT2D eigenvalue weighted by molar-refractivity contribution is -0.112. The van der Waals surface area contributed by atoms with Crippen molar-refractivity contribution in [3.63, 3.8) is 0 Å². The molecule has 4 aliphatic rings. The van der Waals surface area contributed by atoms with Crippen LogP contribution in [0.2, 0.25) is 0 Å². The maximum atomic E-state index is 10.6. The highest BCUT2D eigenvalue weighted by molar-refractivity contribution is 5.85. The van der Waals surface area contributed by atoms with E-state index >= 15 is 0 Å². The first-order chi connectivity index (χ1) is 14.9. The standard InChI is InChI=1S/C24H38N4O3/c1-23-10-7-16(27-30-12-9-22-26-21(14-25)28-31-22)13-15(23)3-4-17-18-5-6-20(29)24(18,2)11-8-19(17)23/h15,17-20,29H,3-14,25H2,1-2H3/b27-16-/t15?,17?,18?,19?,20-,23-,24-/m0/s1. The van der Waals surface area contributed by atoms with Crippen molar-refractivity contribution < 1.29 is 14.5 Å². The Morgan fingerprint density at radius 2 is 1.97 bits per heavy atom. The molecule has 1 heterocycles. The summed E-state index contributed by atoms with van der Waals surface area (Å²) in [5, 5.41) is 18.9. The number of nitrogens with two attached hydrogens (primary N) is 1. The second-order valence-corrected chi connectivity index (χ2v) is 11.0. The minimum atomic E-state index is -0.0831. The van der Waals surface area contributed by atoms with Gasteiger partial charge in [0.15, 0.2) is 5.82 Å². The fourth-order valence-corrected chi connectivity index (χ4v) is 7.86. The van der Waals surface area contributed by atoms with E-state index in [1.54, 1.807) is 0 Å². The molecular formula is C24H38N4O3. The van der Waals surface area contributed by atoms with E-state index in [0.29, 0.717) is 36.1 Å². The van der Waals surface area contributed by atoms with Gasteiger partial charge in [-0.1, -0.05) is 24.2 Å². The molecule has 1 aromatic rings. The van der Waals surface area contributed by atoms with Crippen LogP contribution < -0.4 is 5.73 Å². The van der Waals surface area contributed by atoms with E-state index in [2.05, 4.69) is 29.1 Å². The van der Waals surface area contributed by atoms with Crippen molar-refractivity contribution in [1.82, 2.24) is 10.1 Å². The second kappa shape index (κ2) is 8.14. The largest absolute Gasteiger partial charge is 0.395 e. The Labute approximate surface area is 185 Å². The smallest absolute Gasteiger partial charge is 0.230 e. The Morgan fingerprint density at radius 1 is 1.13 bits per heavy atom. The Kier molecular flexibility index (Phi) is 5.62. The van der Waals surface area contributed by atoms with E-state index < -0.39 is 0 Å². The van der Waals surface area contributed by atoms with Gasteiger partial charge in [0.2, 0.25) is 5.89 Å². The van der Waals surface area contributed by atoms with Gasteiger partial charge in [-0.25, -0.2) is 0 Å². The van der Waals surface area contributed by atoms with Crippen molar-refractivity contribution in [2.45, 2.75) is 90.7 Å². The predicted molar refractivity (Wildman–Crippen MR) is 117 cm³/mol. The van der Waals surface area contributed by atoms with E-state index in [4.69, 9.17) is 15.1 Å². The summed E-state index contributed by atoms with van der Waals surface area (Å²) in [6, 6.07) is 0. The molecule has 0 saturated heterocycles. The van der Waals surface area contributed by atoms with E-state index in [0.717, 1.165) is 37.0 Å². The number of hydrogen-bond acceptors (Lipinski definition) is 7. The molecular weight excluding hydrogens is 392 g/mol. The number of fused-ring (bicyclic) bond motifs is 5. The van der Waals surface area contributed by atoms with Gasteiger partial charge >= 0.3 is 0 Å². The fraction of sp³-hybridized carbons (Fsp3) is 0.875. The summed E-state index contributed by atoms with van der Waals surface area (Å²) in [5.74, 6) is 4.13. The molecule has 7 nitrogen and oxygen atoms in total. The third-order valence-electron chi connectivity index (χ3n) is 9.74. The SMILES string of the molecule is C[C@]12CC/C(=N/OCCc3nc(CN)no3)CC1CCC1C2CC[C@@]2(C)C1CC[C@@H]2O. The minimum absolute atomic E-state index is 0.0831. The van der Waals surface area contributed by atoms with Crippen molar-refractivity contribution in [2.75, 3.05) is 6.61 Å². The fourth-order valence-electron chi connectivity index (χ4n) is 7.86. The van der Waals surface area contributed by atoms with Crippen molar-refractivity contribution >= 4 is 5.71 Å². The zero-order valence-electron chi connectivity index (χ0n) is 19.1. The maximum Gasteiger partial charge on any atom is 0.230 e. The molecule has 5 rings (SSSR count). The zero-order valence-corrected chi connectivity index (χ0v) is 19.1. The van der Waals surface area contributed by atoms with E-state index in [1.165, 1.54) is 44.2 Å². The Morgan fingerprint density at radius 3 is 2.77 bits per heavy atom. The van der Waals surface area contributed by atoms with Gasteiger partial charge < -0.3 is 20.2 Å².